The van der Waals surface area contributed by atoms with Gasteiger partial charge in [0.2, 0.25) is 23.0 Å². The molecular formula is C32H37N3O7. The predicted molar refractivity (Wildman–Crippen MR) is 161 cm³/mol. The number of methoxy groups -OCH3 is 4. The van der Waals surface area contributed by atoms with Gasteiger partial charge in [-0.1, -0.05) is 24.3 Å². The molecule has 10 heteroatoms. The van der Waals surface area contributed by atoms with Crippen molar-refractivity contribution in [2.45, 2.75) is 32.2 Å². The van der Waals surface area contributed by atoms with Crippen LogP contribution in [0.4, 0.5) is 5.69 Å². The fraction of sp³-hybridized carbons (Fsp3) is 0.344. The summed E-state index contributed by atoms with van der Waals surface area (Å²) in [6.45, 7) is 1.78. The normalized spacial score (nSPS) is 13.5. The van der Waals surface area contributed by atoms with Gasteiger partial charge >= 0.3 is 0 Å². The molecule has 0 fully saturated rings. The molecule has 0 saturated carbocycles. The Hall–Kier alpha value is -4.73. The van der Waals surface area contributed by atoms with E-state index >= 15 is 0 Å². The van der Waals surface area contributed by atoms with E-state index in [1.165, 1.54) is 20.1 Å². The molecule has 0 radical (unpaired) electrons. The fourth-order valence-corrected chi connectivity index (χ4v) is 5.34. The van der Waals surface area contributed by atoms with Crippen LogP contribution in [0.5, 0.6) is 23.0 Å². The molecule has 1 aliphatic rings. The maximum Gasteiger partial charge on any atom is 0.239 e. The van der Waals surface area contributed by atoms with Gasteiger partial charge in [-0.05, 0) is 65.8 Å². The Balaban J connectivity index is 1.64. The van der Waals surface area contributed by atoms with Gasteiger partial charge in [0.05, 0.1) is 46.7 Å². The van der Waals surface area contributed by atoms with E-state index < -0.39 is 6.04 Å². The van der Waals surface area contributed by atoms with Gasteiger partial charge in [-0.3, -0.25) is 14.4 Å². The van der Waals surface area contributed by atoms with Crippen LogP contribution < -0.4 is 40.3 Å². The monoisotopic (exact) mass is 575 g/mol. The highest BCUT2D eigenvalue weighted by Crippen LogP contribution is 2.50. The summed E-state index contributed by atoms with van der Waals surface area (Å²) in [7, 11) is 6.26. The summed E-state index contributed by atoms with van der Waals surface area (Å²) in [5.41, 5.74) is 3.99. The van der Waals surface area contributed by atoms with Gasteiger partial charge in [-0.15, -0.1) is 0 Å². The summed E-state index contributed by atoms with van der Waals surface area (Å²) in [5, 5.41) is 8.84. The van der Waals surface area contributed by atoms with Crippen molar-refractivity contribution in [2.24, 2.45) is 0 Å². The van der Waals surface area contributed by atoms with E-state index in [2.05, 4.69) is 16.0 Å². The highest BCUT2D eigenvalue weighted by atomic mass is 16.5. The first kappa shape index (κ1) is 30.2. The summed E-state index contributed by atoms with van der Waals surface area (Å²) in [4.78, 5) is 38.2. The molecule has 1 aliphatic carbocycles. The number of ether oxygens (including phenoxy) is 4. The van der Waals surface area contributed by atoms with Crippen molar-refractivity contribution < 1.29 is 28.5 Å². The molecule has 1 unspecified atom stereocenters. The molecule has 1 atom stereocenters. The summed E-state index contributed by atoms with van der Waals surface area (Å²) in [6.07, 6.45) is 1.76. The molecule has 0 aliphatic heterocycles. The average molecular weight is 576 g/mol. The topological polar surface area (TPSA) is 124 Å². The summed E-state index contributed by atoms with van der Waals surface area (Å²) < 4.78 is 22.4. The molecule has 4 rings (SSSR count). The van der Waals surface area contributed by atoms with E-state index in [0.717, 1.165) is 22.4 Å². The predicted octanol–water partition coefficient (Wildman–Crippen LogP) is 3.64. The maximum absolute atomic E-state index is 13.4. The number of carbonyl (C=O) groups is 2. The van der Waals surface area contributed by atoms with Gasteiger partial charge in [0.1, 0.15) is 5.75 Å². The molecule has 0 spiro atoms. The van der Waals surface area contributed by atoms with E-state index in [-0.39, 0.29) is 29.5 Å². The van der Waals surface area contributed by atoms with Crippen molar-refractivity contribution in [3.05, 3.63) is 75.4 Å². The molecule has 3 N–H and O–H groups in total. The average Bonchev–Trinajstić information content (AvgIpc) is 3.23. The number of anilines is 1. The Labute approximate surface area is 245 Å². The molecule has 3 aromatic carbocycles. The second kappa shape index (κ2) is 13.8. The number of rotatable bonds is 11. The number of fused-ring (bicyclic) bond motifs is 3. The second-order valence-electron chi connectivity index (χ2n) is 9.86. The quantitative estimate of drug-likeness (QED) is 0.317. The van der Waals surface area contributed by atoms with Crippen LogP contribution in [0, 0.1) is 0 Å². The van der Waals surface area contributed by atoms with Crippen LogP contribution in [0.1, 0.15) is 36.1 Å². The molecule has 0 saturated heterocycles. The third kappa shape index (κ3) is 6.59. The minimum Gasteiger partial charge on any atom is -0.496 e. The minimum absolute atomic E-state index is 0.0874. The summed E-state index contributed by atoms with van der Waals surface area (Å²) in [5.74, 6) is 1.73. The summed E-state index contributed by atoms with van der Waals surface area (Å²) in [6, 6.07) is 14.1. The van der Waals surface area contributed by atoms with Crippen LogP contribution in [-0.4, -0.2) is 53.3 Å². The van der Waals surface area contributed by atoms with Crippen LogP contribution in [0.25, 0.3) is 11.1 Å². The van der Waals surface area contributed by atoms with Crippen molar-refractivity contribution in [1.82, 2.24) is 10.6 Å². The molecule has 0 heterocycles. The molecular weight excluding hydrogens is 538 g/mol. The Morgan fingerprint density at radius 2 is 1.64 bits per heavy atom. The molecule has 0 aromatic heterocycles. The van der Waals surface area contributed by atoms with Gasteiger partial charge in [-0.2, -0.15) is 0 Å². The molecule has 42 heavy (non-hydrogen) atoms. The summed E-state index contributed by atoms with van der Waals surface area (Å²) >= 11 is 0. The SMILES string of the molecule is COc1ccccc1CCNC(=O)CNc1ccc2c(cc1=O)C(NC(C)=O)CCc1cc(OC)c(OC)c(OC)c1-2. The van der Waals surface area contributed by atoms with Crippen molar-refractivity contribution in [1.29, 1.82) is 0 Å². The number of aryl methyl sites for hydroxylation is 1. The highest BCUT2D eigenvalue weighted by molar-refractivity contribution is 5.84. The third-order valence-electron chi connectivity index (χ3n) is 7.26. The molecule has 0 bridgehead atoms. The van der Waals surface area contributed by atoms with E-state index in [9.17, 15) is 14.4 Å². The van der Waals surface area contributed by atoms with Gasteiger partial charge in [0.25, 0.3) is 0 Å². The Morgan fingerprint density at radius 3 is 2.33 bits per heavy atom. The van der Waals surface area contributed by atoms with Crippen LogP contribution in [-0.2, 0) is 22.4 Å². The second-order valence-corrected chi connectivity index (χ2v) is 9.86. The third-order valence-corrected chi connectivity index (χ3v) is 7.26. The number of hydrogen-bond donors (Lipinski definition) is 3. The van der Waals surface area contributed by atoms with E-state index in [1.54, 1.807) is 27.4 Å². The lowest BCUT2D eigenvalue weighted by Crippen LogP contribution is -2.32. The Kier molecular flexibility index (Phi) is 9.90. The fourth-order valence-electron chi connectivity index (χ4n) is 5.34. The molecule has 222 valence electrons. The first-order valence-corrected chi connectivity index (χ1v) is 13.7. The van der Waals surface area contributed by atoms with Crippen LogP contribution in [0.3, 0.4) is 0 Å². The zero-order valence-electron chi connectivity index (χ0n) is 24.6. The van der Waals surface area contributed by atoms with Gasteiger partial charge < -0.3 is 34.9 Å². The lowest BCUT2D eigenvalue weighted by Gasteiger charge is -2.19. The number of amides is 2. The van der Waals surface area contributed by atoms with E-state index in [4.69, 9.17) is 18.9 Å². The van der Waals surface area contributed by atoms with Crippen molar-refractivity contribution in [2.75, 3.05) is 46.8 Å². The number of carbonyl (C=O) groups excluding carboxylic acids is 2. The zero-order valence-corrected chi connectivity index (χ0v) is 24.6. The van der Waals surface area contributed by atoms with Crippen LogP contribution in [0.2, 0.25) is 0 Å². The molecule has 2 amide bonds. The standard InChI is InChI=1S/C32H37N3O7/c1-19(36)35-24-12-10-21-16-28(40-3)31(41-4)32(42-5)30(21)22-11-13-25(26(37)17-23(22)24)34-18-29(38)33-15-14-20-8-6-7-9-27(20)39-2/h6-9,11,13,16-17,24H,10,12,14-15,18H2,1-5H3,(H,33,38)(H,34,37)(H,35,36). The minimum atomic E-state index is -0.419. The van der Waals surface area contributed by atoms with Crippen molar-refractivity contribution in [3.8, 4) is 34.1 Å². The maximum atomic E-state index is 13.4. The number of para-hydroxylation sites is 1. The van der Waals surface area contributed by atoms with Crippen LogP contribution >= 0.6 is 0 Å². The number of benzene rings is 2. The first-order chi connectivity index (χ1) is 20.3. The van der Waals surface area contributed by atoms with Gasteiger partial charge in [0.15, 0.2) is 11.5 Å². The van der Waals surface area contributed by atoms with E-state index in [0.29, 0.717) is 54.2 Å². The van der Waals surface area contributed by atoms with Crippen LogP contribution in [0.15, 0.2) is 53.3 Å². The van der Waals surface area contributed by atoms with E-state index in [1.807, 2.05) is 36.4 Å². The highest BCUT2D eigenvalue weighted by Gasteiger charge is 2.29. The lowest BCUT2D eigenvalue weighted by molar-refractivity contribution is -0.120. The van der Waals surface area contributed by atoms with Crippen molar-refractivity contribution in [3.63, 3.8) is 0 Å². The first-order valence-electron chi connectivity index (χ1n) is 13.7. The largest absolute Gasteiger partial charge is 0.496 e. The Morgan fingerprint density at radius 1 is 0.905 bits per heavy atom. The van der Waals surface area contributed by atoms with Gasteiger partial charge in [0, 0.05) is 19.0 Å². The number of hydrogen-bond acceptors (Lipinski definition) is 8. The smallest absolute Gasteiger partial charge is 0.239 e. The zero-order chi connectivity index (χ0) is 30.2. The molecule has 3 aromatic rings. The lowest BCUT2D eigenvalue weighted by atomic mass is 9.95. The van der Waals surface area contributed by atoms with Crippen molar-refractivity contribution >= 4 is 17.5 Å². The number of nitrogens with one attached hydrogen (secondary N) is 3. The molecule has 10 nitrogen and oxygen atoms in total. The Bertz CT molecular complexity index is 1520. The van der Waals surface area contributed by atoms with Gasteiger partial charge in [-0.25, -0.2) is 0 Å².